The van der Waals surface area contributed by atoms with Gasteiger partial charge in [-0.05, 0) is 31.6 Å². The topological polar surface area (TPSA) is 88.5 Å². The molecule has 0 bridgehead atoms. The minimum atomic E-state index is -0.128. The van der Waals surface area contributed by atoms with Crippen LogP contribution in [0.15, 0.2) is 24.3 Å². The number of H-pyrrole nitrogens is 1. The van der Waals surface area contributed by atoms with Crippen LogP contribution in [0.2, 0.25) is 0 Å². The Kier molecular flexibility index (Phi) is 5.34. The molecule has 3 rings (SSSR count). The highest BCUT2D eigenvalue weighted by molar-refractivity contribution is 7.71. The van der Waals surface area contributed by atoms with Gasteiger partial charge in [0.2, 0.25) is 11.0 Å². The van der Waals surface area contributed by atoms with Crippen LogP contribution in [-0.2, 0) is 17.8 Å². The highest BCUT2D eigenvalue weighted by Crippen LogP contribution is 2.19. The fourth-order valence-electron chi connectivity index (χ4n) is 2.37. The van der Waals surface area contributed by atoms with E-state index in [9.17, 15) is 4.79 Å². The lowest BCUT2D eigenvalue weighted by Crippen LogP contribution is -2.15. The van der Waals surface area contributed by atoms with Gasteiger partial charge in [0.25, 0.3) is 0 Å². The maximum absolute atomic E-state index is 12.2. The maximum atomic E-state index is 12.2. The first kappa shape index (κ1) is 17.4. The minimum absolute atomic E-state index is 0.128. The highest BCUT2D eigenvalue weighted by atomic mass is 32.1. The third-order valence-electron chi connectivity index (χ3n) is 3.61. The molecule has 0 saturated carbocycles. The molecule has 2 aromatic heterocycles. The fraction of sp³-hybridized carbons (Fsp3) is 0.312. The Hall–Kier alpha value is -2.39. The van der Waals surface area contributed by atoms with Crippen molar-refractivity contribution >= 4 is 34.6 Å². The number of benzene rings is 1. The van der Waals surface area contributed by atoms with Crippen molar-refractivity contribution in [2.75, 3.05) is 5.32 Å². The molecular weight excluding hydrogens is 356 g/mol. The average Bonchev–Trinajstić information content (AvgIpc) is 3.19. The number of aromatic nitrogens is 5. The molecule has 0 unspecified atom stereocenters. The van der Waals surface area contributed by atoms with E-state index in [-0.39, 0.29) is 12.3 Å². The summed E-state index contributed by atoms with van der Waals surface area (Å²) in [6.45, 7) is 4.46. The molecule has 0 aliphatic carbocycles. The lowest BCUT2D eigenvalue weighted by molar-refractivity contribution is -0.116. The lowest BCUT2D eigenvalue weighted by Gasteiger charge is -2.07. The van der Waals surface area contributed by atoms with Crippen molar-refractivity contribution in [1.82, 2.24) is 25.0 Å². The summed E-state index contributed by atoms with van der Waals surface area (Å²) in [7, 11) is 0. The zero-order valence-electron chi connectivity index (χ0n) is 13.9. The second kappa shape index (κ2) is 7.66. The summed E-state index contributed by atoms with van der Waals surface area (Å²) in [5.74, 6) is 0.600. The van der Waals surface area contributed by atoms with Crippen molar-refractivity contribution in [1.29, 1.82) is 0 Å². The molecule has 0 aliphatic heterocycles. The molecule has 7 nitrogen and oxygen atoms in total. The maximum Gasteiger partial charge on any atom is 0.227 e. The first-order valence-electron chi connectivity index (χ1n) is 7.91. The minimum Gasteiger partial charge on any atom is -0.300 e. The summed E-state index contributed by atoms with van der Waals surface area (Å²) in [5, 5.41) is 19.2. The summed E-state index contributed by atoms with van der Waals surface area (Å²) in [6, 6.07) is 8.01. The molecule has 9 heteroatoms. The van der Waals surface area contributed by atoms with Crippen LogP contribution in [0, 0.1) is 11.7 Å². The van der Waals surface area contributed by atoms with Crippen LogP contribution in [0.25, 0.3) is 11.4 Å². The van der Waals surface area contributed by atoms with Crippen molar-refractivity contribution in [3.63, 3.8) is 0 Å². The molecule has 1 amide bonds. The van der Waals surface area contributed by atoms with E-state index in [4.69, 9.17) is 12.2 Å². The van der Waals surface area contributed by atoms with Gasteiger partial charge in [0.1, 0.15) is 5.01 Å². The monoisotopic (exact) mass is 374 g/mol. The van der Waals surface area contributed by atoms with Gasteiger partial charge in [0.05, 0.1) is 0 Å². The smallest absolute Gasteiger partial charge is 0.227 e. The molecule has 0 spiro atoms. The van der Waals surface area contributed by atoms with E-state index in [0.717, 1.165) is 28.4 Å². The Balaban J connectivity index is 1.70. The number of nitrogens with one attached hydrogen (secondary N) is 2. The van der Waals surface area contributed by atoms with Crippen LogP contribution in [0.1, 0.15) is 23.9 Å². The predicted molar refractivity (Wildman–Crippen MR) is 100 cm³/mol. The van der Waals surface area contributed by atoms with Crippen LogP contribution in [0.5, 0.6) is 0 Å². The van der Waals surface area contributed by atoms with E-state index in [1.807, 2.05) is 42.7 Å². The number of rotatable bonds is 6. The number of nitrogens with zero attached hydrogens (tertiary/aromatic N) is 4. The van der Waals surface area contributed by atoms with Gasteiger partial charge in [-0.3, -0.25) is 14.5 Å². The Morgan fingerprint density at radius 1 is 1.40 bits per heavy atom. The molecule has 0 saturated heterocycles. The third-order valence-corrected chi connectivity index (χ3v) is 4.91. The first-order chi connectivity index (χ1) is 12.1. The van der Waals surface area contributed by atoms with Gasteiger partial charge in [-0.25, -0.2) is 0 Å². The largest absolute Gasteiger partial charge is 0.300 e. The predicted octanol–water partition coefficient (Wildman–Crippen LogP) is 3.36. The summed E-state index contributed by atoms with van der Waals surface area (Å²) in [5.41, 5.74) is 2.10. The SMILES string of the molecule is CCc1nnc(NC(=O)CCn2c(-c3cccc(C)c3)n[nH]c2=S)s1. The van der Waals surface area contributed by atoms with Gasteiger partial charge < -0.3 is 5.32 Å². The van der Waals surface area contributed by atoms with Crippen molar-refractivity contribution in [3.8, 4) is 11.4 Å². The van der Waals surface area contributed by atoms with Crippen molar-refractivity contribution < 1.29 is 4.79 Å². The zero-order valence-corrected chi connectivity index (χ0v) is 15.6. The van der Waals surface area contributed by atoms with Crippen molar-refractivity contribution in [2.45, 2.75) is 33.2 Å². The van der Waals surface area contributed by atoms with E-state index in [1.165, 1.54) is 11.3 Å². The number of amides is 1. The van der Waals surface area contributed by atoms with E-state index in [0.29, 0.717) is 16.4 Å². The number of hydrogen-bond donors (Lipinski definition) is 2. The number of aryl methyl sites for hydroxylation is 2. The van der Waals surface area contributed by atoms with Crippen LogP contribution in [0.3, 0.4) is 0 Å². The Morgan fingerprint density at radius 2 is 2.24 bits per heavy atom. The number of anilines is 1. The highest BCUT2D eigenvalue weighted by Gasteiger charge is 2.12. The molecular formula is C16H18N6OS2. The van der Waals surface area contributed by atoms with Crippen LogP contribution >= 0.6 is 23.6 Å². The molecule has 0 aliphatic rings. The number of aromatic amines is 1. The second-order valence-electron chi connectivity index (χ2n) is 5.53. The molecule has 3 aromatic rings. The summed E-state index contributed by atoms with van der Waals surface area (Å²) in [4.78, 5) is 12.2. The molecule has 25 heavy (non-hydrogen) atoms. The average molecular weight is 374 g/mol. The lowest BCUT2D eigenvalue weighted by atomic mass is 10.1. The molecule has 0 fully saturated rings. The van der Waals surface area contributed by atoms with E-state index in [2.05, 4.69) is 25.7 Å². The number of carbonyl (C=O) groups is 1. The van der Waals surface area contributed by atoms with Gasteiger partial charge >= 0.3 is 0 Å². The van der Waals surface area contributed by atoms with Gasteiger partial charge in [-0.1, -0.05) is 42.0 Å². The number of carbonyl (C=O) groups excluding carboxylic acids is 1. The van der Waals surface area contributed by atoms with Gasteiger partial charge in [0.15, 0.2) is 10.6 Å². The van der Waals surface area contributed by atoms with E-state index < -0.39 is 0 Å². The van der Waals surface area contributed by atoms with Crippen molar-refractivity contribution in [3.05, 3.63) is 39.6 Å². The number of hydrogen-bond acceptors (Lipinski definition) is 6. The Labute approximate surface area is 154 Å². The summed E-state index contributed by atoms with van der Waals surface area (Å²) >= 11 is 6.69. The van der Waals surface area contributed by atoms with Gasteiger partial charge in [-0.15, -0.1) is 10.2 Å². The normalized spacial score (nSPS) is 10.8. The van der Waals surface area contributed by atoms with Crippen LogP contribution < -0.4 is 5.32 Å². The molecule has 0 atom stereocenters. The van der Waals surface area contributed by atoms with E-state index in [1.54, 1.807) is 0 Å². The quantitative estimate of drug-likeness (QED) is 0.646. The Morgan fingerprint density at radius 3 is 2.96 bits per heavy atom. The molecule has 2 heterocycles. The second-order valence-corrected chi connectivity index (χ2v) is 6.97. The third kappa shape index (κ3) is 4.18. The Bertz CT molecular complexity index is 942. The van der Waals surface area contributed by atoms with E-state index >= 15 is 0 Å². The van der Waals surface area contributed by atoms with Crippen LogP contribution in [-0.4, -0.2) is 30.9 Å². The fourth-order valence-corrected chi connectivity index (χ4v) is 3.29. The molecule has 130 valence electrons. The molecule has 0 radical (unpaired) electrons. The standard InChI is InChI=1S/C16H18N6OS2/c1-3-13-18-20-15(25-13)17-12(23)7-8-22-14(19-21-16(22)24)11-6-4-5-10(2)9-11/h4-6,9H,3,7-8H2,1-2H3,(H,21,24)(H,17,20,23). The van der Waals surface area contributed by atoms with Crippen LogP contribution in [0.4, 0.5) is 5.13 Å². The zero-order chi connectivity index (χ0) is 17.8. The van der Waals surface area contributed by atoms with Gasteiger partial charge in [-0.2, -0.15) is 5.10 Å². The summed E-state index contributed by atoms with van der Waals surface area (Å²) < 4.78 is 2.33. The molecule has 2 N–H and O–H groups in total. The van der Waals surface area contributed by atoms with Gasteiger partial charge in [0, 0.05) is 18.5 Å². The van der Waals surface area contributed by atoms with Crippen molar-refractivity contribution in [2.24, 2.45) is 0 Å². The first-order valence-corrected chi connectivity index (χ1v) is 9.13. The summed E-state index contributed by atoms with van der Waals surface area (Å²) in [6.07, 6.45) is 1.07. The molecule has 1 aromatic carbocycles.